The monoisotopic (exact) mass is 532 g/mol. The lowest BCUT2D eigenvalue weighted by Gasteiger charge is -2.25. The van der Waals surface area contributed by atoms with E-state index in [1.807, 2.05) is 19.2 Å². The van der Waals surface area contributed by atoms with Crippen molar-refractivity contribution < 1.29 is 12.8 Å². The number of likely N-dealkylation sites (N-methyl/N-ethyl adjacent to an activating group) is 2. The van der Waals surface area contributed by atoms with Gasteiger partial charge in [-0.25, -0.2) is 12.8 Å². The molecule has 0 saturated heterocycles. The fourth-order valence-corrected chi connectivity index (χ4v) is 4.12. The number of nitrogens with one attached hydrogen (secondary N) is 5. The maximum absolute atomic E-state index is 14.5. The van der Waals surface area contributed by atoms with Gasteiger partial charge in [0.05, 0.1) is 23.2 Å². The van der Waals surface area contributed by atoms with E-state index >= 15 is 0 Å². The molecule has 2 rings (SSSR count). The highest BCUT2D eigenvalue weighted by Crippen LogP contribution is 2.23. The van der Waals surface area contributed by atoms with Gasteiger partial charge in [-0.05, 0) is 51.1 Å². The first-order chi connectivity index (χ1) is 17.6. The summed E-state index contributed by atoms with van der Waals surface area (Å²) in [7, 11) is -0.0513. The van der Waals surface area contributed by atoms with Crippen LogP contribution in [0.2, 0.25) is 0 Å². The Morgan fingerprint density at radius 1 is 1.41 bits per heavy atom. The molecule has 1 aliphatic carbocycles. The summed E-state index contributed by atoms with van der Waals surface area (Å²) in [5.41, 5.74) is 2.18. The highest BCUT2D eigenvalue weighted by atomic mass is 32.2. The average Bonchev–Trinajstić information content (AvgIpc) is 3.21. The maximum atomic E-state index is 14.5. The second-order valence-electron chi connectivity index (χ2n) is 8.16. The normalized spacial score (nSPS) is 18.3. The first-order valence-electron chi connectivity index (χ1n) is 11.9. The number of amidine groups is 1. The lowest BCUT2D eigenvalue weighted by Crippen LogP contribution is -2.29. The maximum Gasteiger partial charge on any atom is 0.231 e. The number of nitrogens with zero attached hydrogens (tertiary/aromatic N) is 3. The fourth-order valence-electron chi connectivity index (χ4n) is 3.53. The Morgan fingerprint density at radius 2 is 2.16 bits per heavy atom. The van der Waals surface area contributed by atoms with Gasteiger partial charge in [0.25, 0.3) is 0 Å². The molecule has 5 N–H and O–H groups in total. The molecule has 0 fully saturated rings. The van der Waals surface area contributed by atoms with E-state index in [4.69, 9.17) is 5.41 Å². The number of allylic oxidation sites excluding steroid dienone is 6. The highest BCUT2D eigenvalue weighted by Gasteiger charge is 2.22. The van der Waals surface area contributed by atoms with Crippen LogP contribution in [0.15, 0.2) is 89.0 Å². The molecular formula is C25H37FN8O2S. The number of hydrogen-bond donors (Lipinski definition) is 5. The minimum Gasteiger partial charge on any atom is -0.371 e. The van der Waals surface area contributed by atoms with Crippen LogP contribution in [-0.4, -0.2) is 69.4 Å². The van der Waals surface area contributed by atoms with E-state index in [0.717, 1.165) is 37.8 Å². The van der Waals surface area contributed by atoms with Gasteiger partial charge in [-0.1, -0.05) is 12.7 Å². The van der Waals surface area contributed by atoms with E-state index in [1.165, 1.54) is 17.6 Å². The number of halogens is 1. The van der Waals surface area contributed by atoms with Gasteiger partial charge < -0.3 is 26.2 Å². The van der Waals surface area contributed by atoms with Crippen molar-refractivity contribution >= 4 is 21.8 Å². The van der Waals surface area contributed by atoms with Crippen molar-refractivity contribution in [2.45, 2.75) is 19.8 Å². The summed E-state index contributed by atoms with van der Waals surface area (Å²) < 4.78 is 39.7. The molecule has 0 radical (unpaired) electrons. The Morgan fingerprint density at radius 3 is 2.81 bits per heavy atom. The van der Waals surface area contributed by atoms with Crippen LogP contribution < -0.4 is 21.3 Å². The summed E-state index contributed by atoms with van der Waals surface area (Å²) in [5, 5.41) is 19.7. The molecule has 0 bridgehead atoms. The molecule has 1 aliphatic heterocycles. The zero-order valence-electron chi connectivity index (χ0n) is 21.8. The largest absolute Gasteiger partial charge is 0.371 e. The van der Waals surface area contributed by atoms with Crippen molar-refractivity contribution in [3.05, 3.63) is 84.0 Å². The van der Waals surface area contributed by atoms with Gasteiger partial charge in [-0.2, -0.15) is 4.99 Å². The molecule has 202 valence electrons. The molecule has 10 nitrogen and oxygen atoms in total. The minimum absolute atomic E-state index is 0.111. The third kappa shape index (κ3) is 8.76. The second-order valence-corrected chi connectivity index (χ2v) is 10.2. The van der Waals surface area contributed by atoms with Gasteiger partial charge in [0, 0.05) is 51.0 Å². The molecule has 2 aliphatic rings. The van der Waals surface area contributed by atoms with Crippen molar-refractivity contribution in [1.29, 1.82) is 5.41 Å². The van der Waals surface area contributed by atoms with Crippen LogP contribution in [0, 0.1) is 5.41 Å². The topological polar surface area (TPSA) is 125 Å². The molecule has 0 aromatic carbocycles. The Bertz CT molecular complexity index is 1180. The minimum atomic E-state index is -3.44. The number of rotatable bonds is 12. The molecule has 0 unspecified atom stereocenters. The quantitative estimate of drug-likeness (QED) is 0.148. The van der Waals surface area contributed by atoms with Crippen LogP contribution >= 0.6 is 0 Å². The van der Waals surface area contributed by atoms with Gasteiger partial charge >= 0.3 is 0 Å². The van der Waals surface area contributed by atoms with E-state index in [0.29, 0.717) is 24.2 Å². The van der Waals surface area contributed by atoms with Gasteiger partial charge in [0.1, 0.15) is 5.84 Å². The molecule has 0 atom stereocenters. The predicted molar refractivity (Wildman–Crippen MR) is 148 cm³/mol. The standard InChI is InChI=1S/C25H37FN8O2S/c1-6-19(34(7-2)16-15-28-3)11-10-14-29-25(27)32-24-20(21(26)18-31-24)17-30-22-12-8-9-13-23(22)33(4)37(5,35)36/h6,8,10-12,14,17-18,28,30H,1,7,9,13,15-16H2,2-5H3,(H3,27,29,31,32)/b14-10+,19-11+,20-17+. The Kier molecular flexibility index (Phi) is 11.3. The number of sulfonamides is 1. The fraction of sp³-hybridized carbons (Fsp3) is 0.360. The summed E-state index contributed by atoms with van der Waals surface area (Å²) in [6.45, 7) is 8.43. The lowest BCUT2D eigenvalue weighted by atomic mass is 10.1. The summed E-state index contributed by atoms with van der Waals surface area (Å²) in [5.74, 6) is -0.619. The van der Waals surface area contributed by atoms with Crippen LogP contribution in [0.1, 0.15) is 19.8 Å². The molecule has 12 heteroatoms. The zero-order chi connectivity index (χ0) is 27.4. The van der Waals surface area contributed by atoms with Gasteiger partial charge in [0.2, 0.25) is 16.0 Å². The van der Waals surface area contributed by atoms with Crippen LogP contribution in [0.4, 0.5) is 4.39 Å². The van der Waals surface area contributed by atoms with E-state index in [2.05, 4.69) is 44.7 Å². The van der Waals surface area contributed by atoms with Crippen LogP contribution in [-0.2, 0) is 10.0 Å². The Balaban J connectivity index is 2.12. The van der Waals surface area contributed by atoms with Crippen molar-refractivity contribution in [2.24, 2.45) is 4.99 Å². The van der Waals surface area contributed by atoms with Crippen LogP contribution in [0.3, 0.4) is 0 Å². The van der Waals surface area contributed by atoms with Crippen molar-refractivity contribution in [2.75, 3.05) is 40.0 Å². The van der Waals surface area contributed by atoms with Crippen molar-refractivity contribution in [3.8, 4) is 0 Å². The van der Waals surface area contributed by atoms with E-state index in [1.54, 1.807) is 24.4 Å². The molecule has 0 aromatic rings. The molecule has 0 spiro atoms. The molecule has 0 amide bonds. The summed E-state index contributed by atoms with van der Waals surface area (Å²) in [6, 6.07) is 0. The van der Waals surface area contributed by atoms with E-state index in [9.17, 15) is 12.8 Å². The number of hydrogen-bond acceptors (Lipinski definition) is 6. The van der Waals surface area contributed by atoms with Gasteiger partial charge in [-0.3, -0.25) is 9.71 Å². The molecule has 1 heterocycles. The third-order valence-electron chi connectivity index (χ3n) is 5.64. The van der Waals surface area contributed by atoms with E-state index < -0.39 is 15.9 Å². The van der Waals surface area contributed by atoms with Gasteiger partial charge in [-0.15, -0.1) is 0 Å². The first-order valence-corrected chi connectivity index (χ1v) is 13.7. The predicted octanol–water partition coefficient (Wildman–Crippen LogP) is 2.37. The smallest absolute Gasteiger partial charge is 0.231 e. The number of guanidine groups is 1. The second kappa shape index (κ2) is 14.2. The summed E-state index contributed by atoms with van der Waals surface area (Å²) >= 11 is 0. The van der Waals surface area contributed by atoms with Crippen LogP contribution in [0.5, 0.6) is 0 Å². The van der Waals surface area contributed by atoms with Crippen molar-refractivity contribution in [3.63, 3.8) is 0 Å². The zero-order valence-corrected chi connectivity index (χ0v) is 22.6. The Labute approximate surface area is 219 Å². The Hall–Kier alpha value is -3.64. The van der Waals surface area contributed by atoms with Gasteiger partial charge in [0.15, 0.2) is 5.83 Å². The molecule has 0 aromatic heterocycles. The lowest BCUT2D eigenvalue weighted by molar-refractivity contribution is 0.373. The summed E-state index contributed by atoms with van der Waals surface area (Å²) in [4.78, 5) is 6.28. The highest BCUT2D eigenvalue weighted by molar-refractivity contribution is 7.88. The summed E-state index contributed by atoms with van der Waals surface area (Å²) in [6.07, 6.45) is 15.5. The number of aliphatic imine (C=N–C) groups is 1. The SMILES string of the molecule is C=C/C(=C\C=C\NC(=N)/N=C1/NC=C(F)/C1=C\NC1=C(N(C)S(C)(=O)=O)CCC=C1)N(CC)CCNC. The average molecular weight is 533 g/mol. The third-order valence-corrected chi connectivity index (χ3v) is 6.85. The van der Waals surface area contributed by atoms with E-state index in [-0.39, 0.29) is 17.4 Å². The molecule has 37 heavy (non-hydrogen) atoms. The molecule has 0 saturated carbocycles. The molecular weight excluding hydrogens is 495 g/mol. The van der Waals surface area contributed by atoms with Crippen LogP contribution in [0.25, 0.3) is 0 Å². The first kappa shape index (κ1) is 29.6. The van der Waals surface area contributed by atoms with Crippen molar-refractivity contribution in [1.82, 2.24) is 30.5 Å².